The molecule has 0 bridgehead atoms. The molecule has 0 fully saturated rings. The van der Waals surface area contributed by atoms with E-state index < -0.39 is 167 Å². The lowest BCUT2D eigenvalue weighted by Crippen LogP contribution is -2.09. The Morgan fingerprint density at radius 3 is 1.47 bits per heavy atom. The van der Waals surface area contributed by atoms with Gasteiger partial charge in [0.2, 0.25) is 11.9 Å². The highest BCUT2D eigenvalue weighted by molar-refractivity contribution is 7.88. The van der Waals surface area contributed by atoms with Crippen LogP contribution in [0, 0.1) is 29.6 Å². The number of benzene rings is 6. The van der Waals surface area contributed by atoms with Gasteiger partial charge in [-0.15, -0.1) is 20.5 Å². The Kier molecular flexibility index (Phi) is 18.9. The van der Waals surface area contributed by atoms with Crippen molar-refractivity contribution in [2.45, 2.75) is 41.2 Å². The number of halogens is 2. The Morgan fingerprint density at radius 2 is 0.947 bits per heavy atom. The van der Waals surface area contributed by atoms with E-state index >= 15 is 0 Å². The average molecular weight is 1500 g/mol. The molecule has 6 aromatic carbocycles. The third-order valence-electron chi connectivity index (χ3n) is 12.6. The third-order valence-corrected chi connectivity index (χ3v) is 20.6. The van der Waals surface area contributed by atoms with Crippen molar-refractivity contribution in [1.82, 2.24) is 19.9 Å². The molecule has 0 aliphatic rings. The fraction of sp³-hybridized carbons (Fsp3) is 0.0204. The molecule has 492 valence electrons. The maximum absolute atomic E-state index is 12.9. The van der Waals surface area contributed by atoms with E-state index in [2.05, 4.69) is 61.7 Å². The molecule has 0 unspecified atom stereocenters. The quantitative estimate of drug-likeness (QED) is 0.0249. The van der Waals surface area contributed by atoms with Crippen LogP contribution in [-0.4, -0.2) is 116 Å². The van der Waals surface area contributed by atoms with E-state index in [1.165, 1.54) is 43.3 Å². The predicted molar refractivity (Wildman–Crippen MR) is 333 cm³/mol. The standard InChI is InChI=1S/C49H32Cl2N14O22S8/c1-21-31(19-52)43(54-24-6-9-33(50)39(13-24)94(82,83)84)58-44(55-25-7-10-34(51)40(14-25)95(85,86)87)42(21)63-64-45-32(20-53)41(46(88-45)65-62-26-12-29-30(37(15-26)92(76,77)78)16-28(90(70,71)72)18-38(29)93(79,80)81)22-2-4-23(5-3-22)56-47-59-48(61-49(66)60-47)57-35-17-27(89(67,68)69)8-11-36(35)91(73,74)75/h2-18H,1H3,(H2,54,55,58)(H,67,68,69)(H,70,71,72)(H,73,74,75)(H,76,77,78)(H,79,80,81)(H,82,83,84)(H,85,86,87)(H3,56,57,59,60,61,66). The fourth-order valence-corrected chi connectivity index (χ4v) is 14.6. The largest absolute Gasteiger partial charge is 0.479 e. The molecule has 3 heterocycles. The van der Waals surface area contributed by atoms with Crippen LogP contribution >= 0.6 is 34.5 Å². The first-order valence-corrected chi connectivity index (χ1v) is 36.3. The fourth-order valence-electron chi connectivity index (χ4n) is 8.51. The summed E-state index contributed by atoms with van der Waals surface area (Å²) >= 11 is 12.6. The van der Waals surface area contributed by atoms with Gasteiger partial charge in [-0.2, -0.15) is 84.4 Å². The van der Waals surface area contributed by atoms with Gasteiger partial charge in [-0.25, -0.2) is 4.98 Å². The lowest BCUT2D eigenvalue weighted by Gasteiger charge is -2.16. The van der Waals surface area contributed by atoms with Gasteiger partial charge in [-0.05, 0) is 103 Å². The first-order valence-electron chi connectivity index (χ1n) is 24.7. The molecular formula is C49H32Cl2N14O22S8. The van der Waals surface area contributed by atoms with Crippen LogP contribution in [0.1, 0.15) is 16.7 Å². The van der Waals surface area contributed by atoms with E-state index in [4.69, 9.17) is 23.2 Å². The smallest absolute Gasteiger partial charge is 0.320 e. The normalized spacial score (nSPS) is 12.6. The topological polar surface area (TPSA) is 598 Å². The maximum atomic E-state index is 12.9. The summed E-state index contributed by atoms with van der Waals surface area (Å²) in [6.07, 6.45) is 0. The zero-order valence-corrected chi connectivity index (χ0v) is 54.1. The van der Waals surface area contributed by atoms with Crippen molar-refractivity contribution in [2.24, 2.45) is 20.5 Å². The SMILES string of the molecule is Cc1c(C#N)c(Nc2ccc(Cl)c(S(=O)(=O)O)c2)nc(Nc2ccc(Cl)c(S(=O)(=O)O)c2)c1N=Nc1sc(N=Nc2cc(S(=O)(=O)O)c3cc(S(=O)(=O)O)cc(S(=O)(=O)O)c3c2)c(-c2ccc(Nc3nc(O)nc(Nc4cc(S(=O)(=O)O)ccc4S(=O)(=O)O)n3)cc2)c1C#N. The minimum Gasteiger partial charge on any atom is -0.479 e. The number of nitrogens with zero attached hydrogens (tertiary/aromatic N) is 10. The predicted octanol–water partition coefficient (Wildman–Crippen LogP) is 9.74. The summed E-state index contributed by atoms with van der Waals surface area (Å²) in [7, 11) is -36.4. The van der Waals surface area contributed by atoms with Crippen molar-refractivity contribution < 1.29 is 95.9 Å². The maximum Gasteiger partial charge on any atom is 0.320 e. The number of anilines is 8. The van der Waals surface area contributed by atoms with E-state index in [-0.39, 0.29) is 66.9 Å². The molecule has 95 heavy (non-hydrogen) atoms. The summed E-state index contributed by atoms with van der Waals surface area (Å²) in [5.41, 5.74) is -3.00. The molecule has 9 rings (SSSR count). The summed E-state index contributed by atoms with van der Waals surface area (Å²) in [6.45, 7) is 1.31. The Balaban J connectivity index is 1.21. The van der Waals surface area contributed by atoms with E-state index in [1.54, 1.807) is 0 Å². The van der Waals surface area contributed by atoms with Gasteiger partial charge in [0, 0.05) is 39.0 Å². The molecular weight excluding hydrogens is 1460 g/mol. The number of azo groups is 2. The average Bonchev–Trinajstić information content (AvgIpc) is 1.16. The summed E-state index contributed by atoms with van der Waals surface area (Å²) in [5.74, 6) is -1.93. The van der Waals surface area contributed by atoms with Crippen LogP contribution in [-0.2, 0) is 70.8 Å². The highest BCUT2D eigenvalue weighted by atomic mass is 35.5. The summed E-state index contributed by atoms with van der Waals surface area (Å²) in [4.78, 5) is 8.70. The Hall–Kier alpha value is -9.43. The molecule has 46 heteroatoms. The first kappa shape index (κ1) is 69.9. The summed E-state index contributed by atoms with van der Waals surface area (Å²) in [5, 5.41) is 56.1. The Bertz CT molecular complexity index is 5800. The lowest BCUT2D eigenvalue weighted by atomic mass is 10.0. The van der Waals surface area contributed by atoms with Gasteiger partial charge in [0.25, 0.3) is 70.8 Å². The third kappa shape index (κ3) is 15.7. The second-order valence-corrected chi connectivity index (χ2v) is 30.4. The van der Waals surface area contributed by atoms with Gasteiger partial charge in [0.05, 0.1) is 36.8 Å². The van der Waals surface area contributed by atoms with Crippen molar-refractivity contribution in [3.63, 3.8) is 0 Å². The highest BCUT2D eigenvalue weighted by Crippen LogP contribution is 2.50. The number of hydrogen-bond donors (Lipinski definition) is 12. The minimum atomic E-state index is -5.52. The van der Waals surface area contributed by atoms with Crippen LogP contribution in [0.5, 0.6) is 6.01 Å². The number of aromatic nitrogens is 4. The number of rotatable bonds is 20. The van der Waals surface area contributed by atoms with Crippen molar-refractivity contribution in [2.75, 3.05) is 21.3 Å². The van der Waals surface area contributed by atoms with Gasteiger partial charge in [-0.3, -0.25) is 31.9 Å². The van der Waals surface area contributed by atoms with Gasteiger partial charge in [0.15, 0.2) is 16.6 Å². The minimum absolute atomic E-state index is 0.0266. The molecule has 0 spiro atoms. The van der Waals surface area contributed by atoms with Crippen molar-refractivity contribution in [3.05, 3.63) is 130 Å². The Labute approximate surface area is 548 Å². The molecule has 12 N–H and O–H groups in total. The molecule has 36 nitrogen and oxygen atoms in total. The highest BCUT2D eigenvalue weighted by Gasteiger charge is 2.29. The molecule has 3 aromatic heterocycles. The van der Waals surface area contributed by atoms with E-state index in [9.17, 15) is 106 Å². The molecule has 0 aliphatic heterocycles. The number of pyridine rings is 1. The van der Waals surface area contributed by atoms with Gasteiger partial charge >= 0.3 is 6.01 Å². The van der Waals surface area contributed by atoms with Crippen LogP contribution in [0.25, 0.3) is 21.9 Å². The number of fused-ring (bicyclic) bond motifs is 1. The molecule has 0 saturated carbocycles. The van der Waals surface area contributed by atoms with Gasteiger partial charge < -0.3 is 26.4 Å². The lowest BCUT2D eigenvalue weighted by molar-refractivity contribution is 0.430. The second-order valence-electron chi connectivity index (χ2n) is 18.8. The molecule has 9 aromatic rings. The molecule has 0 amide bonds. The zero-order valence-electron chi connectivity index (χ0n) is 46.1. The van der Waals surface area contributed by atoms with Gasteiger partial charge in [-0.1, -0.05) is 46.7 Å². The van der Waals surface area contributed by atoms with Crippen LogP contribution in [0.3, 0.4) is 0 Å². The van der Waals surface area contributed by atoms with Gasteiger partial charge in [0.1, 0.15) is 52.9 Å². The monoisotopic (exact) mass is 1490 g/mol. The first-order chi connectivity index (χ1) is 44.0. The van der Waals surface area contributed by atoms with E-state index in [0.29, 0.717) is 41.7 Å². The number of nitrogens with one attached hydrogen (secondary N) is 4. The van der Waals surface area contributed by atoms with E-state index in [1.807, 2.05) is 12.1 Å². The Morgan fingerprint density at radius 1 is 0.453 bits per heavy atom. The number of nitriles is 2. The molecule has 0 radical (unpaired) electrons. The van der Waals surface area contributed by atoms with Crippen LogP contribution in [0.15, 0.2) is 158 Å². The van der Waals surface area contributed by atoms with E-state index in [0.717, 1.165) is 30.3 Å². The molecule has 0 saturated heterocycles. The van der Waals surface area contributed by atoms with Crippen molar-refractivity contribution >= 4 is 184 Å². The van der Waals surface area contributed by atoms with Crippen molar-refractivity contribution in [1.29, 1.82) is 10.5 Å². The second kappa shape index (κ2) is 25.7. The van der Waals surface area contributed by atoms with Crippen LogP contribution in [0.2, 0.25) is 10.0 Å². The zero-order chi connectivity index (χ0) is 69.9. The van der Waals surface area contributed by atoms with Crippen LogP contribution < -0.4 is 21.3 Å². The molecule has 0 aliphatic carbocycles. The summed E-state index contributed by atoms with van der Waals surface area (Å²) in [6, 6.07) is 18.3. The number of thiophene rings is 1. The number of hydrogen-bond acceptors (Lipinski definition) is 30. The van der Waals surface area contributed by atoms with Crippen molar-refractivity contribution in [3.8, 4) is 29.3 Å². The number of aromatic hydroxyl groups is 1. The van der Waals surface area contributed by atoms with Crippen LogP contribution in [0.4, 0.5) is 67.7 Å². The summed E-state index contributed by atoms with van der Waals surface area (Å²) < 4.78 is 242. The molecule has 0 atom stereocenters.